The van der Waals surface area contributed by atoms with E-state index in [0.29, 0.717) is 0 Å². The predicted octanol–water partition coefficient (Wildman–Crippen LogP) is 7.02. The molecule has 0 saturated heterocycles. The van der Waals surface area contributed by atoms with Crippen LogP contribution in [0, 0.1) is 35.5 Å². The van der Waals surface area contributed by atoms with Crippen molar-refractivity contribution in [3.05, 3.63) is 0 Å². The molecule has 2 aliphatic carbocycles. The van der Waals surface area contributed by atoms with Gasteiger partial charge < -0.3 is 0 Å². The van der Waals surface area contributed by atoms with Crippen LogP contribution in [0.2, 0.25) is 0 Å². The van der Waals surface area contributed by atoms with Gasteiger partial charge in [-0.1, -0.05) is 54.4 Å². The molecule has 0 aromatic rings. The van der Waals surface area contributed by atoms with Crippen molar-refractivity contribution in [2.75, 3.05) is 6.66 Å². The molecule has 2 aliphatic rings. The second-order valence-electron chi connectivity index (χ2n) is 9.45. The maximum absolute atomic E-state index is 2.70. The van der Waals surface area contributed by atoms with E-state index in [9.17, 15) is 0 Å². The SMILES string of the molecule is CC(C)[C@@H]1CC[C@@H](C)C[C@H]1P(C)[C@@H]1C[C@H](C)CC[C@H]1C(C)C. The topological polar surface area (TPSA) is 0 Å². The quantitative estimate of drug-likeness (QED) is 0.487. The molecule has 22 heavy (non-hydrogen) atoms. The van der Waals surface area contributed by atoms with Crippen LogP contribution in [-0.2, 0) is 0 Å². The van der Waals surface area contributed by atoms with E-state index in [-0.39, 0.29) is 7.92 Å². The van der Waals surface area contributed by atoms with Gasteiger partial charge in [-0.25, -0.2) is 0 Å². The number of hydrogen-bond acceptors (Lipinski definition) is 0. The van der Waals surface area contributed by atoms with Crippen molar-refractivity contribution in [1.29, 1.82) is 0 Å². The molecule has 0 N–H and O–H groups in total. The van der Waals surface area contributed by atoms with Crippen molar-refractivity contribution >= 4 is 7.92 Å². The molecule has 0 aromatic carbocycles. The molecule has 0 aromatic heterocycles. The van der Waals surface area contributed by atoms with Gasteiger partial charge in [0.15, 0.2) is 0 Å². The third kappa shape index (κ3) is 4.28. The summed E-state index contributed by atoms with van der Waals surface area (Å²) in [5.74, 6) is 5.75. The van der Waals surface area contributed by atoms with Gasteiger partial charge in [-0.3, -0.25) is 0 Å². The first-order valence-corrected chi connectivity index (χ1v) is 12.0. The lowest BCUT2D eigenvalue weighted by Crippen LogP contribution is -2.38. The smallest absolute Gasteiger partial charge is 0.0176 e. The van der Waals surface area contributed by atoms with Crippen LogP contribution in [-0.4, -0.2) is 18.0 Å². The molecule has 2 fully saturated rings. The minimum absolute atomic E-state index is 0.186. The number of rotatable bonds is 4. The van der Waals surface area contributed by atoms with E-state index in [0.717, 1.165) is 46.8 Å². The van der Waals surface area contributed by atoms with Gasteiger partial charge in [0.05, 0.1) is 0 Å². The van der Waals surface area contributed by atoms with Gasteiger partial charge in [0.2, 0.25) is 0 Å². The highest BCUT2D eigenvalue weighted by atomic mass is 31.1. The summed E-state index contributed by atoms with van der Waals surface area (Å²) in [6, 6.07) is 0. The lowest BCUT2D eigenvalue weighted by atomic mass is 9.76. The minimum atomic E-state index is 0.186. The average molecular weight is 325 g/mol. The molecule has 0 radical (unpaired) electrons. The second kappa shape index (κ2) is 8.00. The van der Waals surface area contributed by atoms with Crippen LogP contribution in [0.3, 0.4) is 0 Å². The molecule has 2 rings (SSSR count). The highest BCUT2D eigenvalue weighted by molar-refractivity contribution is 7.58. The Labute approximate surface area is 142 Å². The zero-order chi connectivity index (χ0) is 16.4. The standard InChI is InChI=1S/C21H41P/c1-14(2)18-10-8-16(5)12-20(18)22(7)21-13-17(6)9-11-19(21)15(3)4/h14-21H,8-13H2,1-7H3/t16-,17-,18+,19+,20-,21-/m1/s1. The van der Waals surface area contributed by atoms with E-state index < -0.39 is 0 Å². The Kier molecular flexibility index (Phi) is 6.83. The summed E-state index contributed by atoms with van der Waals surface area (Å²) in [4.78, 5) is 0. The summed E-state index contributed by atoms with van der Waals surface area (Å²) < 4.78 is 0. The van der Waals surface area contributed by atoms with Gasteiger partial charge >= 0.3 is 0 Å². The van der Waals surface area contributed by atoms with E-state index in [2.05, 4.69) is 48.2 Å². The van der Waals surface area contributed by atoms with Crippen molar-refractivity contribution in [2.45, 2.75) is 91.4 Å². The maximum Gasteiger partial charge on any atom is -0.0176 e. The van der Waals surface area contributed by atoms with Crippen LogP contribution in [0.1, 0.15) is 80.1 Å². The molecule has 2 saturated carbocycles. The van der Waals surface area contributed by atoms with Crippen LogP contribution >= 0.6 is 7.92 Å². The Morgan fingerprint density at radius 1 is 0.682 bits per heavy atom. The minimum Gasteiger partial charge on any atom is -0.103 e. The van der Waals surface area contributed by atoms with Gasteiger partial charge in [-0.05, 0) is 79.2 Å². The molecule has 0 unspecified atom stereocenters. The fourth-order valence-corrected chi connectivity index (χ4v) is 9.56. The summed E-state index contributed by atoms with van der Waals surface area (Å²) in [7, 11) is 0.186. The predicted molar refractivity (Wildman–Crippen MR) is 103 cm³/mol. The van der Waals surface area contributed by atoms with Crippen molar-refractivity contribution in [3.63, 3.8) is 0 Å². The van der Waals surface area contributed by atoms with Gasteiger partial charge in [0, 0.05) is 0 Å². The Balaban J connectivity index is 2.16. The van der Waals surface area contributed by atoms with Gasteiger partial charge in [-0.15, -0.1) is 7.92 Å². The van der Waals surface area contributed by atoms with Gasteiger partial charge in [0.25, 0.3) is 0 Å². The molecule has 1 heteroatoms. The Bertz CT molecular complexity index is 303. The summed E-state index contributed by atoms with van der Waals surface area (Å²) in [5.41, 5.74) is 2.10. The third-order valence-electron chi connectivity index (χ3n) is 7.02. The summed E-state index contributed by atoms with van der Waals surface area (Å²) in [6.45, 7) is 17.7. The van der Waals surface area contributed by atoms with E-state index in [4.69, 9.17) is 0 Å². The monoisotopic (exact) mass is 324 g/mol. The van der Waals surface area contributed by atoms with Gasteiger partial charge in [-0.2, -0.15) is 0 Å². The fourth-order valence-electron chi connectivity index (χ4n) is 5.49. The summed E-state index contributed by atoms with van der Waals surface area (Å²) in [6.07, 6.45) is 9.03. The Morgan fingerprint density at radius 2 is 1.05 bits per heavy atom. The molecule has 0 amide bonds. The highest BCUT2D eigenvalue weighted by Crippen LogP contribution is 2.59. The van der Waals surface area contributed by atoms with Crippen LogP contribution in [0.15, 0.2) is 0 Å². The summed E-state index contributed by atoms with van der Waals surface area (Å²) >= 11 is 0. The molecule has 130 valence electrons. The Morgan fingerprint density at radius 3 is 1.36 bits per heavy atom. The highest BCUT2D eigenvalue weighted by Gasteiger charge is 2.41. The second-order valence-corrected chi connectivity index (χ2v) is 12.1. The largest absolute Gasteiger partial charge is 0.103 e. The van der Waals surface area contributed by atoms with E-state index >= 15 is 0 Å². The van der Waals surface area contributed by atoms with Crippen LogP contribution in [0.5, 0.6) is 0 Å². The van der Waals surface area contributed by atoms with E-state index in [1.807, 2.05) is 0 Å². The molecular weight excluding hydrogens is 283 g/mol. The van der Waals surface area contributed by atoms with Crippen LogP contribution < -0.4 is 0 Å². The van der Waals surface area contributed by atoms with Crippen LogP contribution in [0.4, 0.5) is 0 Å². The first-order chi connectivity index (χ1) is 10.3. The number of hydrogen-bond donors (Lipinski definition) is 0. The van der Waals surface area contributed by atoms with Crippen molar-refractivity contribution in [2.24, 2.45) is 35.5 Å². The lowest BCUT2D eigenvalue weighted by molar-refractivity contribution is 0.223. The lowest BCUT2D eigenvalue weighted by Gasteiger charge is -2.48. The molecule has 0 bridgehead atoms. The first kappa shape index (κ1) is 18.8. The van der Waals surface area contributed by atoms with Crippen LogP contribution in [0.25, 0.3) is 0 Å². The zero-order valence-electron chi connectivity index (χ0n) is 16.3. The van der Waals surface area contributed by atoms with Gasteiger partial charge in [0.1, 0.15) is 0 Å². The molecule has 0 spiro atoms. The van der Waals surface area contributed by atoms with Crippen molar-refractivity contribution in [3.8, 4) is 0 Å². The summed E-state index contributed by atoms with van der Waals surface area (Å²) in [5, 5.41) is 0. The average Bonchev–Trinajstić information content (AvgIpc) is 2.45. The maximum atomic E-state index is 2.70. The third-order valence-corrected chi connectivity index (χ3v) is 10.3. The normalized spacial score (nSPS) is 40.6. The molecule has 0 nitrogen and oxygen atoms in total. The molecule has 0 aliphatic heterocycles. The Hall–Kier alpha value is 0.430. The first-order valence-electron chi connectivity index (χ1n) is 10.0. The van der Waals surface area contributed by atoms with E-state index in [1.54, 1.807) is 0 Å². The molecule has 6 atom stereocenters. The van der Waals surface area contributed by atoms with Crippen molar-refractivity contribution < 1.29 is 0 Å². The van der Waals surface area contributed by atoms with E-state index in [1.165, 1.54) is 38.5 Å². The molecular formula is C21H41P. The van der Waals surface area contributed by atoms with Crippen molar-refractivity contribution in [1.82, 2.24) is 0 Å². The zero-order valence-corrected chi connectivity index (χ0v) is 17.2. The fraction of sp³-hybridized carbons (Fsp3) is 1.00. The molecule has 0 heterocycles.